The second kappa shape index (κ2) is 7.79. The standard InChI is InChI=1S/C22H23ClN4O2/c1-13-9-19(16-5-4-6-17(23)12-16)26-21-20(13)29-8-7-27(21)22(28)25-18-10-14(2)24-15(3)11-18/h4-6,9-12,19,26H,7-8H2,1-3H3,(H,24,25,28). The van der Waals surface area contributed by atoms with Gasteiger partial charge in [0.05, 0.1) is 12.6 Å². The summed E-state index contributed by atoms with van der Waals surface area (Å²) < 4.78 is 5.86. The average molecular weight is 411 g/mol. The fourth-order valence-electron chi connectivity index (χ4n) is 3.68. The highest BCUT2D eigenvalue weighted by atomic mass is 35.5. The van der Waals surface area contributed by atoms with Crippen molar-refractivity contribution in [3.63, 3.8) is 0 Å². The number of urea groups is 1. The Bertz CT molecular complexity index is 1010. The Morgan fingerprint density at radius 2 is 2.00 bits per heavy atom. The van der Waals surface area contributed by atoms with Crippen LogP contribution in [0.3, 0.4) is 0 Å². The number of dihydropyridines is 1. The summed E-state index contributed by atoms with van der Waals surface area (Å²) in [6, 6.07) is 11.1. The molecule has 0 fully saturated rings. The van der Waals surface area contributed by atoms with E-state index in [-0.39, 0.29) is 12.1 Å². The van der Waals surface area contributed by atoms with Gasteiger partial charge in [-0.3, -0.25) is 9.88 Å². The van der Waals surface area contributed by atoms with Gasteiger partial charge in [0.2, 0.25) is 0 Å². The lowest BCUT2D eigenvalue weighted by molar-refractivity contribution is 0.133. The molecule has 6 nitrogen and oxygen atoms in total. The van der Waals surface area contributed by atoms with Gasteiger partial charge in [-0.1, -0.05) is 29.8 Å². The summed E-state index contributed by atoms with van der Waals surface area (Å²) in [5.41, 5.74) is 4.45. The largest absolute Gasteiger partial charge is 0.488 e. The van der Waals surface area contributed by atoms with E-state index < -0.39 is 0 Å². The van der Waals surface area contributed by atoms with Crippen LogP contribution in [0.25, 0.3) is 0 Å². The number of rotatable bonds is 2. The van der Waals surface area contributed by atoms with E-state index in [9.17, 15) is 4.79 Å². The van der Waals surface area contributed by atoms with Crippen molar-refractivity contribution in [2.24, 2.45) is 0 Å². The van der Waals surface area contributed by atoms with Crippen LogP contribution >= 0.6 is 11.6 Å². The molecule has 2 N–H and O–H groups in total. The van der Waals surface area contributed by atoms with E-state index in [1.165, 1.54) is 0 Å². The molecule has 2 amide bonds. The maximum atomic E-state index is 13.1. The Morgan fingerprint density at radius 3 is 2.72 bits per heavy atom. The molecule has 0 saturated carbocycles. The molecule has 0 saturated heterocycles. The first kappa shape index (κ1) is 19.3. The number of halogens is 1. The van der Waals surface area contributed by atoms with Crippen molar-refractivity contribution in [3.8, 4) is 0 Å². The summed E-state index contributed by atoms with van der Waals surface area (Å²) in [5, 5.41) is 7.10. The highest BCUT2D eigenvalue weighted by Gasteiger charge is 2.32. The summed E-state index contributed by atoms with van der Waals surface area (Å²) in [5.74, 6) is 1.37. The first-order valence-corrected chi connectivity index (χ1v) is 9.90. The zero-order valence-corrected chi connectivity index (χ0v) is 17.4. The van der Waals surface area contributed by atoms with E-state index in [0.717, 1.165) is 28.2 Å². The Balaban J connectivity index is 1.61. The summed E-state index contributed by atoms with van der Waals surface area (Å²) >= 11 is 6.17. The van der Waals surface area contributed by atoms with Crippen molar-refractivity contribution in [3.05, 3.63) is 81.6 Å². The number of ether oxygens (including phenoxy) is 1. The van der Waals surface area contributed by atoms with Crippen LogP contribution in [0.15, 0.2) is 59.6 Å². The van der Waals surface area contributed by atoms with Crippen LogP contribution in [0.2, 0.25) is 5.02 Å². The van der Waals surface area contributed by atoms with Crippen LogP contribution in [0, 0.1) is 13.8 Å². The van der Waals surface area contributed by atoms with Crippen molar-refractivity contribution in [2.45, 2.75) is 26.8 Å². The van der Waals surface area contributed by atoms with Gasteiger partial charge in [-0.05, 0) is 56.2 Å². The smallest absolute Gasteiger partial charge is 0.327 e. The van der Waals surface area contributed by atoms with Gasteiger partial charge in [0, 0.05) is 22.1 Å². The van der Waals surface area contributed by atoms with E-state index in [4.69, 9.17) is 16.3 Å². The molecular weight excluding hydrogens is 388 g/mol. The van der Waals surface area contributed by atoms with Crippen molar-refractivity contribution >= 4 is 23.3 Å². The fourth-order valence-corrected chi connectivity index (χ4v) is 3.88. The predicted molar refractivity (Wildman–Crippen MR) is 113 cm³/mol. The monoisotopic (exact) mass is 410 g/mol. The number of anilines is 1. The zero-order chi connectivity index (χ0) is 20.5. The molecule has 4 rings (SSSR count). The molecular formula is C22H23ClN4O2. The van der Waals surface area contributed by atoms with Crippen LogP contribution in [-0.2, 0) is 4.74 Å². The Kier molecular flexibility index (Phi) is 5.20. The lowest BCUT2D eigenvalue weighted by Crippen LogP contribution is -2.47. The van der Waals surface area contributed by atoms with Gasteiger partial charge in [-0.2, -0.15) is 0 Å². The average Bonchev–Trinajstić information content (AvgIpc) is 2.66. The number of hydrogen-bond donors (Lipinski definition) is 2. The Labute approximate surface area is 175 Å². The zero-order valence-electron chi connectivity index (χ0n) is 16.6. The minimum absolute atomic E-state index is 0.102. The number of amides is 2. The van der Waals surface area contributed by atoms with Crippen molar-refractivity contribution < 1.29 is 9.53 Å². The van der Waals surface area contributed by atoms with Gasteiger partial charge in [0.1, 0.15) is 6.61 Å². The quantitative estimate of drug-likeness (QED) is 0.754. The van der Waals surface area contributed by atoms with Crippen LogP contribution in [-0.4, -0.2) is 29.1 Å². The molecule has 2 aliphatic rings. The number of carbonyl (C=O) groups excluding carboxylic acids is 1. The lowest BCUT2D eigenvalue weighted by Gasteiger charge is -2.37. The first-order valence-electron chi connectivity index (χ1n) is 9.52. The summed E-state index contributed by atoms with van der Waals surface area (Å²) in [7, 11) is 0. The van der Waals surface area contributed by atoms with E-state index >= 15 is 0 Å². The summed E-state index contributed by atoms with van der Waals surface area (Å²) in [4.78, 5) is 19.1. The van der Waals surface area contributed by atoms with Gasteiger partial charge in [-0.15, -0.1) is 0 Å². The number of carbonyl (C=O) groups is 1. The van der Waals surface area contributed by atoms with Gasteiger partial charge >= 0.3 is 6.03 Å². The number of nitrogens with zero attached hydrogens (tertiary/aromatic N) is 2. The summed E-state index contributed by atoms with van der Waals surface area (Å²) in [6.07, 6.45) is 2.08. The molecule has 1 unspecified atom stereocenters. The van der Waals surface area contributed by atoms with Crippen LogP contribution < -0.4 is 10.6 Å². The topological polar surface area (TPSA) is 66.5 Å². The Morgan fingerprint density at radius 1 is 1.24 bits per heavy atom. The van der Waals surface area contributed by atoms with Gasteiger partial charge < -0.3 is 15.4 Å². The fraction of sp³-hybridized carbons (Fsp3) is 0.273. The molecule has 2 aliphatic heterocycles. The minimum Gasteiger partial charge on any atom is -0.488 e. The van der Waals surface area contributed by atoms with Gasteiger partial charge in [0.25, 0.3) is 0 Å². The Hall–Kier alpha value is -2.99. The van der Waals surface area contributed by atoms with E-state index in [0.29, 0.717) is 29.8 Å². The second-order valence-corrected chi connectivity index (χ2v) is 7.71. The minimum atomic E-state index is -0.210. The predicted octanol–water partition coefficient (Wildman–Crippen LogP) is 4.68. The molecule has 0 spiro atoms. The molecule has 1 atom stereocenters. The molecule has 0 radical (unpaired) electrons. The number of aromatic nitrogens is 1. The maximum absolute atomic E-state index is 13.1. The highest BCUT2D eigenvalue weighted by molar-refractivity contribution is 6.30. The molecule has 3 heterocycles. The number of allylic oxidation sites excluding steroid dienone is 1. The van der Waals surface area contributed by atoms with E-state index in [2.05, 4.69) is 21.7 Å². The normalized spacial score (nSPS) is 18.4. The van der Waals surface area contributed by atoms with Crippen molar-refractivity contribution in [1.82, 2.24) is 15.2 Å². The number of hydrogen-bond acceptors (Lipinski definition) is 4. The number of aryl methyl sites for hydroxylation is 2. The molecule has 150 valence electrons. The third-order valence-corrected chi connectivity index (χ3v) is 5.13. The summed E-state index contributed by atoms with van der Waals surface area (Å²) in [6.45, 7) is 6.70. The van der Waals surface area contributed by atoms with Crippen LogP contribution in [0.4, 0.5) is 10.5 Å². The third-order valence-electron chi connectivity index (χ3n) is 4.90. The van der Waals surface area contributed by atoms with E-state index in [1.807, 2.05) is 57.2 Å². The van der Waals surface area contributed by atoms with Gasteiger partial charge in [-0.25, -0.2) is 4.79 Å². The van der Waals surface area contributed by atoms with Crippen molar-refractivity contribution in [1.29, 1.82) is 0 Å². The van der Waals surface area contributed by atoms with Crippen LogP contribution in [0.1, 0.15) is 29.9 Å². The number of nitrogens with one attached hydrogen (secondary N) is 2. The van der Waals surface area contributed by atoms with E-state index in [1.54, 1.807) is 4.90 Å². The third kappa shape index (κ3) is 4.07. The molecule has 29 heavy (non-hydrogen) atoms. The first-order chi connectivity index (χ1) is 13.9. The number of benzene rings is 1. The van der Waals surface area contributed by atoms with Gasteiger partial charge in [0.15, 0.2) is 11.6 Å². The highest BCUT2D eigenvalue weighted by Crippen LogP contribution is 2.32. The molecule has 0 aliphatic carbocycles. The molecule has 1 aromatic carbocycles. The molecule has 7 heteroatoms. The number of pyridine rings is 1. The molecule has 2 aromatic rings. The second-order valence-electron chi connectivity index (χ2n) is 7.27. The van der Waals surface area contributed by atoms with Crippen molar-refractivity contribution in [2.75, 3.05) is 18.5 Å². The molecule has 1 aromatic heterocycles. The SMILES string of the molecule is CC1=CC(c2cccc(Cl)c2)NC2=C1OCCN2C(=O)Nc1cc(C)nc(C)c1. The lowest BCUT2D eigenvalue weighted by atomic mass is 10.00. The van der Waals surface area contributed by atoms with Crippen LogP contribution in [0.5, 0.6) is 0 Å². The molecule has 0 bridgehead atoms. The maximum Gasteiger partial charge on any atom is 0.327 e.